The van der Waals surface area contributed by atoms with Crippen LogP contribution >= 0.6 is 0 Å². The van der Waals surface area contributed by atoms with Crippen LogP contribution in [0.2, 0.25) is 0 Å². The van der Waals surface area contributed by atoms with Gasteiger partial charge in [0.15, 0.2) is 0 Å². The summed E-state index contributed by atoms with van der Waals surface area (Å²) in [4.78, 5) is 25.5. The van der Waals surface area contributed by atoms with Gasteiger partial charge in [0.2, 0.25) is 5.91 Å². The monoisotopic (exact) mass is 255 g/mol. The van der Waals surface area contributed by atoms with E-state index in [9.17, 15) is 14.7 Å². The van der Waals surface area contributed by atoms with Crippen molar-refractivity contribution in [3.63, 3.8) is 0 Å². The van der Waals surface area contributed by atoms with E-state index >= 15 is 0 Å². The molecule has 0 aromatic carbocycles. The molecule has 4 nitrogen and oxygen atoms in total. The molecule has 0 bridgehead atoms. The van der Waals surface area contributed by atoms with E-state index in [2.05, 4.69) is 0 Å². The lowest BCUT2D eigenvalue weighted by atomic mass is 9.78. The molecule has 1 N–H and O–H groups in total. The normalized spacial score (nSPS) is 24.7. The molecular formula is C14H25NO3. The summed E-state index contributed by atoms with van der Waals surface area (Å²) in [5, 5.41) is 9.23. The van der Waals surface area contributed by atoms with Crippen LogP contribution in [0.15, 0.2) is 0 Å². The summed E-state index contributed by atoms with van der Waals surface area (Å²) in [6.45, 7) is 6.08. The third-order valence-electron chi connectivity index (χ3n) is 4.50. The number of aliphatic carboxylic acids is 1. The first kappa shape index (κ1) is 15.0. The summed E-state index contributed by atoms with van der Waals surface area (Å²) in [6, 6.07) is 0. The van der Waals surface area contributed by atoms with Crippen LogP contribution in [0.1, 0.15) is 52.9 Å². The van der Waals surface area contributed by atoms with Gasteiger partial charge in [0.05, 0.1) is 11.8 Å². The van der Waals surface area contributed by atoms with Crippen molar-refractivity contribution in [3.8, 4) is 0 Å². The van der Waals surface area contributed by atoms with Gasteiger partial charge in [-0.25, -0.2) is 0 Å². The maximum Gasteiger partial charge on any atom is 0.307 e. The molecule has 1 aliphatic carbocycles. The van der Waals surface area contributed by atoms with Gasteiger partial charge < -0.3 is 10.0 Å². The second kappa shape index (κ2) is 5.72. The Morgan fingerprint density at radius 3 is 2.17 bits per heavy atom. The van der Waals surface area contributed by atoms with Crippen LogP contribution in [0.5, 0.6) is 0 Å². The Kier molecular flexibility index (Phi) is 4.77. The van der Waals surface area contributed by atoms with Gasteiger partial charge in [-0.05, 0) is 33.1 Å². The molecule has 1 rings (SSSR count). The van der Waals surface area contributed by atoms with Crippen LogP contribution < -0.4 is 0 Å². The third-order valence-corrected chi connectivity index (χ3v) is 4.50. The van der Waals surface area contributed by atoms with Gasteiger partial charge in [-0.2, -0.15) is 0 Å². The molecule has 1 aliphatic rings. The first-order valence-corrected chi connectivity index (χ1v) is 6.81. The number of hydrogen-bond donors (Lipinski definition) is 1. The summed E-state index contributed by atoms with van der Waals surface area (Å²) in [6.07, 6.45) is 4.08. The molecule has 104 valence electrons. The van der Waals surface area contributed by atoms with E-state index in [0.717, 1.165) is 19.3 Å². The number of nitrogens with zero attached hydrogens (tertiary/aromatic N) is 1. The zero-order chi connectivity index (χ0) is 13.9. The van der Waals surface area contributed by atoms with Crippen LogP contribution in [0.3, 0.4) is 0 Å². The quantitative estimate of drug-likeness (QED) is 0.839. The number of carboxylic acid groups (broad SMARTS) is 1. The fourth-order valence-corrected chi connectivity index (χ4v) is 2.51. The zero-order valence-electron chi connectivity index (χ0n) is 11.9. The number of carboxylic acids is 1. The fourth-order valence-electron chi connectivity index (χ4n) is 2.51. The number of rotatable bonds is 4. The molecule has 0 aliphatic heterocycles. The third kappa shape index (κ3) is 3.03. The Morgan fingerprint density at radius 1 is 1.22 bits per heavy atom. The molecular weight excluding hydrogens is 230 g/mol. The van der Waals surface area contributed by atoms with Crippen molar-refractivity contribution in [1.29, 1.82) is 0 Å². The molecule has 0 unspecified atom stereocenters. The van der Waals surface area contributed by atoms with E-state index in [1.165, 1.54) is 0 Å². The Balaban J connectivity index is 2.84. The predicted molar refractivity (Wildman–Crippen MR) is 70.2 cm³/mol. The minimum atomic E-state index is -0.823. The van der Waals surface area contributed by atoms with Gasteiger partial charge in [-0.1, -0.05) is 19.8 Å². The van der Waals surface area contributed by atoms with Crippen LogP contribution in [0, 0.1) is 11.8 Å². The smallest absolute Gasteiger partial charge is 0.307 e. The Bertz CT molecular complexity index is 325. The summed E-state index contributed by atoms with van der Waals surface area (Å²) in [7, 11) is 1.79. The second-order valence-electron chi connectivity index (χ2n) is 5.90. The van der Waals surface area contributed by atoms with Crippen LogP contribution in [-0.4, -0.2) is 34.5 Å². The molecule has 0 aromatic heterocycles. The summed E-state index contributed by atoms with van der Waals surface area (Å²) >= 11 is 0. The summed E-state index contributed by atoms with van der Waals surface area (Å²) in [5.41, 5.74) is -0.211. The standard InChI is InChI=1S/C14H25NO3/c1-5-14(2,3)15(4)12(16)10-8-6-7-9-11(10)13(17)18/h10-11H,5-9H2,1-4H3,(H,17,18)/t10-,11+/m1/s1. The lowest BCUT2D eigenvalue weighted by Crippen LogP contribution is -2.49. The van der Waals surface area contributed by atoms with E-state index in [-0.39, 0.29) is 17.4 Å². The topological polar surface area (TPSA) is 57.6 Å². The number of carbonyl (C=O) groups excluding carboxylic acids is 1. The molecule has 0 heterocycles. The fraction of sp³-hybridized carbons (Fsp3) is 0.857. The van der Waals surface area contributed by atoms with E-state index in [0.29, 0.717) is 12.8 Å². The number of amides is 1. The molecule has 1 saturated carbocycles. The van der Waals surface area contributed by atoms with Crippen LogP contribution in [0.4, 0.5) is 0 Å². The summed E-state index contributed by atoms with van der Waals surface area (Å²) < 4.78 is 0. The zero-order valence-corrected chi connectivity index (χ0v) is 11.9. The highest BCUT2D eigenvalue weighted by Gasteiger charge is 2.39. The maximum atomic E-state index is 12.5. The molecule has 18 heavy (non-hydrogen) atoms. The molecule has 1 amide bonds. The average molecular weight is 255 g/mol. The second-order valence-corrected chi connectivity index (χ2v) is 5.90. The van der Waals surface area contributed by atoms with Crippen molar-refractivity contribution in [1.82, 2.24) is 4.90 Å². The largest absolute Gasteiger partial charge is 0.481 e. The molecule has 0 aromatic rings. The molecule has 2 atom stereocenters. The molecule has 1 fully saturated rings. The van der Waals surface area contributed by atoms with Crippen molar-refractivity contribution in [2.24, 2.45) is 11.8 Å². The minimum Gasteiger partial charge on any atom is -0.481 e. The average Bonchev–Trinajstić information content (AvgIpc) is 2.36. The van der Waals surface area contributed by atoms with E-state index in [1.807, 2.05) is 20.8 Å². The van der Waals surface area contributed by atoms with Gasteiger partial charge in [-0.3, -0.25) is 9.59 Å². The first-order chi connectivity index (χ1) is 8.31. The highest BCUT2D eigenvalue weighted by atomic mass is 16.4. The summed E-state index contributed by atoms with van der Waals surface area (Å²) in [5.74, 6) is -1.67. The van der Waals surface area contributed by atoms with Crippen molar-refractivity contribution in [2.45, 2.75) is 58.4 Å². The van der Waals surface area contributed by atoms with Gasteiger partial charge in [0.25, 0.3) is 0 Å². The van der Waals surface area contributed by atoms with Crippen molar-refractivity contribution < 1.29 is 14.7 Å². The maximum absolute atomic E-state index is 12.5. The van der Waals surface area contributed by atoms with E-state index in [1.54, 1.807) is 11.9 Å². The van der Waals surface area contributed by atoms with Crippen molar-refractivity contribution in [3.05, 3.63) is 0 Å². The van der Waals surface area contributed by atoms with Crippen molar-refractivity contribution >= 4 is 11.9 Å². The Morgan fingerprint density at radius 2 is 1.72 bits per heavy atom. The highest BCUT2D eigenvalue weighted by Crippen LogP contribution is 2.33. The van der Waals surface area contributed by atoms with Gasteiger partial charge in [0.1, 0.15) is 0 Å². The number of carbonyl (C=O) groups is 2. The van der Waals surface area contributed by atoms with Gasteiger partial charge >= 0.3 is 5.97 Å². The Hall–Kier alpha value is -1.06. The van der Waals surface area contributed by atoms with Crippen LogP contribution in [-0.2, 0) is 9.59 Å². The first-order valence-electron chi connectivity index (χ1n) is 6.81. The lowest BCUT2D eigenvalue weighted by Gasteiger charge is -2.39. The lowest BCUT2D eigenvalue weighted by molar-refractivity contribution is -0.154. The van der Waals surface area contributed by atoms with Gasteiger partial charge in [-0.15, -0.1) is 0 Å². The SMILES string of the molecule is CCC(C)(C)N(C)C(=O)[C@@H]1CCCC[C@@H]1C(=O)O. The molecule has 0 radical (unpaired) electrons. The number of hydrogen-bond acceptors (Lipinski definition) is 2. The molecule has 0 saturated heterocycles. The molecule has 0 spiro atoms. The van der Waals surface area contributed by atoms with Gasteiger partial charge in [0, 0.05) is 12.6 Å². The predicted octanol–water partition coefficient (Wildman–Crippen LogP) is 2.52. The van der Waals surface area contributed by atoms with E-state index < -0.39 is 11.9 Å². The van der Waals surface area contributed by atoms with Crippen LogP contribution in [0.25, 0.3) is 0 Å². The minimum absolute atomic E-state index is 0.00560. The van der Waals surface area contributed by atoms with E-state index in [4.69, 9.17) is 0 Å². The highest BCUT2D eigenvalue weighted by molar-refractivity contribution is 5.85. The Labute approximate surface area is 109 Å². The molecule has 4 heteroatoms. The van der Waals surface area contributed by atoms with Crippen molar-refractivity contribution in [2.75, 3.05) is 7.05 Å².